The van der Waals surface area contributed by atoms with Crippen LogP contribution in [0, 0.1) is 6.92 Å². The number of benzene rings is 2. The first-order valence-corrected chi connectivity index (χ1v) is 13.6. The Kier molecular flexibility index (Phi) is 8.31. The van der Waals surface area contributed by atoms with Crippen LogP contribution in [0.25, 0.3) is 0 Å². The molecule has 2 atom stereocenters. The van der Waals surface area contributed by atoms with Crippen molar-refractivity contribution in [2.75, 3.05) is 18.0 Å². The summed E-state index contributed by atoms with van der Waals surface area (Å²) in [4.78, 5) is 2.59. The minimum absolute atomic E-state index is 0.0619. The molecule has 1 N–H and O–H groups in total. The lowest BCUT2D eigenvalue weighted by Gasteiger charge is -2.36. The zero-order valence-electron chi connectivity index (χ0n) is 21.2. The van der Waals surface area contributed by atoms with Crippen LogP contribution in [0.1, 0.15) is 96.3 Å². The third-order valence-electron chi connectivity index (χ3n) is 7.05. The van der Waals surface area contributed by atoms with Crippen molar-refractivity contribution in [3.8, 4) is 5.75 Å². The second-order valence-electron chi connectivity index (χ2n) is 10.9. The van der Waals surface area contributed by atoms with Gasteiger partial charge in [-0.1, -0.05) is 92.8 Å². The summed E-state index contributed by atoms with van der Waals surface area (Å²) in [7, 11) is 0.631. The maximum Gasteiger partial charge on any atom is 0.122 e. The van der Waals surface area contributed by atoms with E-state index in [0.29, 0.717) is 14.3 Å². The lowest BCUT2D eigenvalue weighted by Crippen LogP contribution is -2.33. The number of hydrogen-bond donors (Lipinski definition) is 1. The summed E-state index contributed by atoms with van der Waals surface area (Å²) in [5, 5.41) is 12.6. The highest BCUT2D eigenvalue weighted by atomic mass is 31.1. The maximum atomic E-state index is 11.3. The van der Waals surface area contributed by atoms with E-state index in [1.165, 1.54) is 55.1 Å². The predicted molar refractivity (Wildman–Crippen MR) is 143 cm³/mol. The van der Waals surface area contributed by atoms with E-state index < -0.39 is 0 Å². The first-order valence-electron chi connectivity index (χ1n) is 12.6. The Hall–Kier alpha value is -1.53. The quantitative estimate of drug-likeness (QED) is 0.326. The van der Waals surface area contributed by atoms with Crippen molar-refractivity contribution in [1.82, 2.24) is 0 Å². The lowest BCUT2D eigenvalue weighted by molar-refractivity contribution is 0.444. The van der Waals surface area contributed by atoms with E-state index in [9.17, 15) is 5.11 Å². The molecule has 0 saturated carbocycles. The van der Waals surface area contributed by atoms with Crippen LogP contribution in [0.15, 0.2) is 36.4 Å². The van der Waals surface area contributed by atoms with E-state index >= 15 is 0 Å². The first kappa shape index (κ1) is 25.1. The topological polar surface area (TPSA) is 23.5 Å². The van der Waals surface area contributed by atoms with Crippen molar-refractivity contribution in [3.63, 3.8) is 0 Å². The highest BCUT2D eigenvalue weighted by Crippen LogP contribution is 2.51. The van der Waals surface area contributed by atoms with E-state index in [-0.39, 0.29) is 10.6 Å². The van der Waals surface area contributed by atoms with Gasteiger partial charge in [-0.15, -0.1) is 0 Å². The van der Waals surface area contributed by atoms with Gasteiger partial charge in [-0.25, -0.2) is 0 Å². The van der Waals surface area contributed by atoms with Crippen LogP contribution in [0.2, 0.25) is 0 Å². The molecule has 0 spiro atoms. The van der Waals surface area contributed by atoms with Crippen molar-refractivity contribution < 1.29 is 5.11 Å². The zero-order chi connectivity index (χ0) is 23.4. The lowest BCUT2D eigenvalue weighted by atomic mass is 9.82. The van der Waals surface area contributed by atoms with Crippen LogP contribution in [0.5, 0.6) is 5.75 Å². The standard InChI is InChI=1S/C29H44NOP/c1-7-8-12-17-29(6,24-21-23(28(3,4)5)20-22(2)27(24)31)32-26-16-11-10-15-25(26)30-18-13-9-14-19-30/h10-11,15-16,20-21,31-32H,7-9,12-14,17-19H2,1-6H3. The first-order chi connectivity index (χ1) is 15.2. The fourth-order valence-corrected chi connectivity index (χ4v) is 6.68. The van der Waals surface area contributed by atoms with Gasteiger partial charge in [0.25, 0.3) is 0 Å². The molecule has 0 amide bonds. The van der Waals surface area contributed by atoms with Crippen LogP contribution in [0.3, 0.4) is 0 Å². The summed E-state index contributed by atoms with van der Waals surface area (Å²) in [6.45, 7) is 15.9. The van der Waals surface area contributed by atoms with Crippen LogP contribution >= 0.6 is 8.58 Å². The van der Waals surface area contributed by atoms with Gasteiger partial charge >= 0.3 is 0 Å². The zero-order valence-corrected chi connectivity index (χ0v) is 22.2. The summed E-state index contributed by atoms with van der Waals surface area (Å²) in [5.41, 5.74) is 4.94. The number of piperidine rings is 1. The normalized spacial score (nSPS) is 17.1. The number of unbranched alkanes of at least 4 members (excludes halogenated alkanes) is 2. The molecule has 2 unspecified atom stereocenters. The van der Waals surface area contributed by atoms with Gasteiger partial charge in [0.2, 0.25) is 0 Å². The second kappa shape index (κ2) is 10.6. The average molecular weight is 454 g/mol. The molecule has 2 nitrogen and oxygen atoms in total. The molecule has 1 fully saturated rings. The highest BCUT2D eigenvalue weighted by molar-refractivity contribution is 7.49. The van der Waals surface area contributed by atoms with E-state index in [1.807, 2.05) is 0 Å². The number of nitrogens with zero attached hydrogens (tertiary/aromatic N) is 1. The minimum Gasteiger partial charge on any atom is -0.507 e. The molecule has 3 rings (SSSR count). The number of aryl methyl sites for hydroxylation is 1. The van der Waals surface area contributed by atoms with Crippen molar-refractivity contribution in [2.24, 2.45) is 0 Å². The maximum absolute atomic E-state index is 11.3. The van der Waals surface area contributed by atoms with E-state index in [2.05, 4.69) is 82.8 Å². The second-order valence-corrected chi connectivity index (χ2v) is 12.8. The number of phenolic OH excluding ortho intramolecular Hbond substituents is 1. The van der Waals surface area contributed by atoms with Gasteiger partial charge in [0.15, 0.2) is 0 Å². The van der Waals surface area contributed by atoms with Gasteiger partial charge in [0.05, 0.1) is 0 Å². The van der Waals surface area contributed by atoms with Gasteiger partial charge in [-0.2, -0.15) is 0 Å². The van der Waals surface area contributed by atoms with Crippen molar-refractivity contribution in [1.29, 1.82) is 0 Å². The van der Waals surface area contributed by atoms with Crippen molar-refractivity contribution >= 4 is 19.6 Å². The molecule has 0 aromatic heterocycles. The average Bonchev–Trinajstić information content (AvgIpc) is 2.76. The van der Waals surface area contributed by atoms with Crippen LogP contribution < -0.4 is 10.2 Å². The largest absolute Gasteiger partial charge is 0.507 e. The molecule has 0 radical (unpaired) electrons. The van der Waals surface area contributed by atoms with Crippen molar-refractivity contribution in [2.45, 2.75) is 97.1 Å². The minimum atomic E-state index is -0.0723. The summed E-state index contributed by atoms with van der Waals surface area (Å²) < 4.78 is 0. The Balaban J connectivity index is 2.05. The Morgan fingerprint density at radius 2 is 1.66 bits per heavy atom. The van der Waals surface area contributed by atoms with Crippen molar-refractivity contribution in [3.05, 3.63) is 53.1 Å². The number of rotatable bonds is 8. The van der Waals surface area contributed by atoms with Crippen LogP contribution in [0.4, 0.5) is 5.69 Å². The van der Waals surface area contributed by atoms with E-state index in [0.717, 1.165) is 30.6 Å². The molecule has 1 heterocycles. The van der Waals surface area contributed by atoms with Gasteiger partial charge in [0, 0.05) is 29.5 Å². The monoisotopic (exact) mass is 453 g/mol. The van der Waals surface area contributed by atoms with Crippen LogP contribution in [-0.2, 0) is 10.6 Å². The molecule has 32 heavy (non-hydrogen) atoms. The fourth-order valence-electron chi connectivity index (χ4n) is 4.91. The van der Waals surface area contributed by atoms with Gasteiger partial charge < -0.3 is 10.0 Å². The summed E-state index contributed by atoms with van der Waals surface area (Å²) in [6.07, 6.45) is 8.70. The number of hydrogen-bond acceptors (Lipinski definition) is 2. The molecular formula is C29H44NOP. The fraction of sp³-hybridized carbons (Fsp3) is 0.586. The Morgan fingerprint density at radius 3 is 2.31 bits per heavy atom. The van der Waals surface area contributed by atoms with Gasteiger partial charge in [-0.3, -0.25) is 0 Å². The molecule has 176 valence electrons. The Bertz CT molecular complexity index is 895. The summed E-state index contributed by atoms with van der Waals surface area (Å²) >= 11 is 0. The molecule has 0 aliphatic carbocycles. The molecule has 1 saturated heterocycles. The molecule has 2 aromatic rings. The Morgan fingerprint density at radius 1 is 0.969 bits per heavy atom. The molecule has 0 bridgehead atoms. The van der Waals surface area contributed by atoms with Crippen LogP contribution in [-0.4, -0.2) is 18.2 Å². The van der Waals surface area contributed by atoms with E-state index in [4.69, 9.17) is 0 Å². The molecule has 2 aromatic carbocycles. The number of phenols is 1. The predicted octanol–water partition coefficient (Wildman–Crippen LogP) is 7.79. The Labute approximate surface area is 198 Å². The van der Waals surface area contributed by atoms with Gasteiger partial charge in [-0.05, 0) is 60.5 Å². The van der Waals surface area contributed by atoms with Gasteiger partial charge in [0.1, 0.15) is 5.75 Å². The summed E-state index contributed by atoms with van der Waals surface area (Å²) in [5.74, 6) is 0.500. The smallest absolute Gasteiger partial charge is 0.122 e. The number of aromatic hydroxyl groups is 1. The molecular weight excluding hydrogens is 409 g/mol. The number of para-hydroxylation sites is 1. The third kappa shape index (κ3) is 5.88. The third-order valence-corrected chi connectivity index (χ3v) is 8.82. The molecule has 3 heteroatoms. The SMILES string of the molecule is CCCCCC(C)(Pc1ccccc1N1CCCCC1)c1cc(C(C)(C)C)cc(C)c1O. The number of anilines is 1. The highest BCUT2D eigenvalue weighted by Gasteiger charge is 2.33. The summed E-state index contributed by atoms with van der Waals surface area (Å²) in [6, 6.07) is 13.5. The molecule has 1 aliphatic heterocycles. The molecule has 1 aliphatic rings. The van der Waals surface area contributed by atoms with E-state index in [1.54, 1.807) is 0 Å².